The van der Waals surface area contributed by atoms with E-state index in [1.807, 2.05) is 30.3 Å². The fourth-order valence-corrected chi connectivity index (χ4v) is 2.64. The Bertz CT molecular complexity index is 1070. The molecule has 0 atom stereocenters. The highest BCUT2D eigenvalue weighted by atomic mass is 16.5. The van der Waals surface area contributed by atoms with Crippen molar-refractivity contribution in [3.05, 3.63) is 88.3 Å². The monoisotopic (exact) mass is 407 g/mol. The lowest BCUT2D eigenvalue weighted by molar-refractivity contribution is -0.123. The summed E-state index contributed by atoms with van der Waals surface area (Å²) in [6.45, 7) is 1.74. The molecule has 0 spiro atoms. The molecule has 30 heavy (non-hydrogen) atoms. The average Bonchev–Trinajstić information content (AvgIpc) is 2.77. The van der Waals surface area contributed by atoms with E-state index in [-0.39, 0.29) is 24.7 Å². The van der Waals surface area contributed by atoms with Crippen LogP contribution in [0.25, 0.3) is 5.69 Å². The van der Waals surface area contributed by atoms with Gasteiger partial charge in [0.25, 0.3) is 11.5 Å². The number of benzene rings is 2. The van der Waals surface area contributed by atoms with E-state index in [0.717, 1.165) is 16.3 Å². The van der Waals surface area contributed by atoms with Crippen LogP contribution >= 0.6 is 0 Å². The Kier molecular flexibility index (Phi) is 6.94. The highest BCUT2D eigenvalue weighted by Gasteiger charge is 2.20. The van der Waals surface area contributed by atoms with Gasteiger partial charge in [0.05, 0.1) is 18.4 Å². The van der Waals surface area contributed by atoms with Crippen LogP contribution in [0.3, 0.4) is 0 Å². The molecule has 0 bridgehead atoms. The van der Waals surface area contributed by atoms with Crippen LogP contribution in [0.5, 0.6) is 5.75 Å². The zero-order valence-corrected chi connectivity index (χ0v) is 16.4. The lowest BCUT2D eigenvalue weighted by Crippen LogP contribution is -2.30. The summed E-state index contributed by atoms with van der Waals surface area (Å²) < 4.78 is 11.5. The molecule has 1 amide bonds. The number of nitrogens with zero attached hydrogens (tertiary/aromatic N) is 2. The number of carbonyl (C=O) groups is 2. The number of para-hydroxylation sites is 1. The molecule has 0 saturated carbocycles. The van der Waals surface area contributed by atoms with Crippen LogP contribution < -0.4 is 15.6 Å². The van der Waals surface area contributed by atoms with Crippen LogP contribution in [0, 0.1) is 0 Å². The average molecular weight is 407 g/mol. The van der Waals surface area contributed by atoms with Gasteiger partial charge >= 0.3 is 5.97 Å². The standard InChI is InChI=1S/C22H21N3O5/c1-2-29-22(28)21-18(13-20(27)25(24-21)17-11-7-4-8-12-17)30-15-19(26)23-14-16-9-5-3-6-10-16/h3-13H,2,14-15H2,1H3,(H,23,26). The van der Waals surface area contributed by atoms with Crippen LogP contribution in [0.2, 0.25) is 0 Å². The first-order chi connectivity index (χ1) is 14.6. The van der Waals surface area contributed by atoms with Crippen LogP contribution in [0.4, 0.5) is 0 Å². The number of esters is 1. The Labute approximate surface area is 173 Å². The van der Waals surface area contributed by atoms with Crippen molar-refractivity contribution in [3.8, 4) is 11.4 Å². The number of ether oxygens (including phenoxy) is 2. The molecule has 8 heteroatoms. The third-order valence-corrected chi connectivity index (χ3v) is 4.06. The Morgan fingerprint density at radius 2 is 1.70 bits per heavy atom. The first-order valence-corrected chi connectivity index (χ1v) is 9.39. The minimum absolute atomic E-state index is 0.111. The Morgan fingerprint density at radius 3 is 2.37 bits per heavy atom. The normalized spacial score (nSPS) is 10.3. The summed E-state index contributed by atoms with van der Waals surface area (Å²) in [6, 6.07) is 19.2. The number of carbonyl (C=O) groups excluding carboxylic acids is 2. The molecule has 8 nitrogen and oxygen atoms in total. The third kappa shape index (κ3) is 5.32. The Hall–Kier alpha value is -3.94. The topological polar surface area (TPSA) is 99.5 Å². The first-order valence-electron chi connectivity index (χ1n) is 9.39. The molecule has 154 valence electrons. The largest absolute Gasteiger partial charge is 0.481 e. The SMILES string of the molecule is CCOC(=O)c1nn(-c2ccccc2)c(=O)cc1OCC(=O)NCc1ccccc1. The summed E-state index contributed by atoms with van der Waals surface area (Å²) in [6.07, 6.45) is 0. The van der Waals surface area contributed by atoms with Crippen molar-refractivity contribution in [1.82, 2.24) is 15.1 Å². The summed E-state index contributed by atoms with van der Waals surface area (Å²) in [5.74, 6) is -1.26. The quantitative estimate of drug-likeness (QED) is 0.574. The van der Waals surface area contributed by atoms with Crippen LogP contribution in [0.15, 0.2) is 71.5 Å². The highest BCUT2D eigenvalue weighted by molar-refractivity contribution is 5.90. The second-order valence-electron chi connectivity index (χ2n) is 6.21. The van der Waals surface area contributed by atoms with Crippen molar-refractivity contribution in [1.29, 1.82) is 0 Å². The van der Waals surface area contributed by atoms with Gasteiger partial charge in [-0.25, -0.2) is 4.79 Å². The van der Waals surface area contributed by atoms with Gasteiger partial charge in [0.2, 0.25) is 5.69 Å². The molecule has 0 unspecified atom stereocenters. The zero-order valence-electron chi connectivity index (χ0n) is 16.4. The van der Waals surface area contributed by atoms with E-state index in [1.54, 1.807) is 37.3 Å². The van der Waals surface area contributed by atoms with Gasteiger partial charge in [-0.3, -0.25) is 9.59 Å². The van der Waals surface area contributed by atoms with E-state index in [0.29, 0.717) is 12.2 Å². The number of hydrogen-bond acceptors (Lipinski definition) is 6. The number of hydrogen-bond donors (Lipinski definition) is 1. The molecule has 0 aliphatic rings. The van der Waals surface area contributed by atoms with E-state index >= 15 is 0 Å². The van der Waals surface area contributed by atoms with Crippen molar-refractivity contribution >= 4 is 11.9 Å². The zero-order chi connectivity index (χ0) is 21.3. The second kappa shape index (κ2) is 10.0. The van der Waals surface area contributed by atoms with E-state index in [2.05, 4.69) is 10.4 Å². The molecule has 0 fully saturated rings. The first kappa shape index (κ1) is 20.8. The van der Waals surface area contributed by atoms with E-state index in [9.17, 15) is 14.4 Å². The fraction of sp³-hybridized carbons (Fsp3) is 0.182. The van der Waals surface area contributed by atoms with E-state index in [1.165, 1.54) is 0 Å². The molecular formula is C22H21N3O5. The summed E-state index contributed by atoms with van der Waals surface area (Å²) in [4.78, 5) is 36.9. The minimum Gasteiger partial charge on any atom is -0.481 e. The molecule has 0 radical (unpaired) electrons. The maximum atomic E-state index is 12.5. The predicted molar refractivity (Wildman–Crippen MR) is 110 cm³/mol. The second-order valence-corrected chi connectivity index (χ2v) is 6.21. The van der Waals surface area contributed by atoms with Gasteiger partial charge in [0.1, 0.15) is 0 Å². The number of amides is 1. The number of nitrogens with one attached hydrogen (secondary N) is 1. The van der Waals surface area contributed by atoms with Crippen molar-refractivity contribution in [2.45, 2.75) is 13.5 Å². The summed E-state index contributed by atoms with van der Waals surface area (Å²) in [5, 5.41) is 6.82. The fourth-order valence-electron chi connectivity index (χ4n) is 2.64. The van der Waals surface area contributed by atoms with E-state index in [4.69, 9.17) is 9.47 Å². The van der Waals surface area contributed by atoms with Crippen molar-refractivity contribution in [2.75, 3.05) is 13.2 Å². The maximum absolute atomic E-state index is 12.5. The van der Waals surface area contributed by atoms with Gasteiger partial charge in [-0.15, -0.1) is 0 Å². The Balaban J connectivity index is 1.77. The third-order valence-electron chi connectivity index (χ3n) is 4.06. The molecule has 3 aromatic rings. The van der Waals surface area contributed by atoms with Crippen molar-refractivity contribution in [3.63, 3.8) is 0 Å². The van der Waals surface area contributed by atoms with Gasteiger partial charge < -0.3 is 14.8 Å². The Morgan fingerprint density at radius 1 is 1.03 bits per heavy atom. The summed E-state index contributed by atoms with van der Waals surface area (Å²) in [5.41, 5.74) is 0.732. The molecule has 0 aliphatic heterocycles. The summed E-state index contributed by atoms with van der Waals surface area (Å²) in [7, 11) is 0. The van der Waals surface area contributed by atoms with Gasteiger partial charge in [0, 0.05) is 6.54 Å². The molecule has 0 saturated heterocycles. The lowest BCUT2D eigenvalue weighted by atomic mass is 10.2. The van der Waals surface area contributed by atoms with Gasteiger partial charge in [0.15, 0.2) is 12.4 Å². The minimum atomic E-state index is -0.748. The molecule has 0 aliphatic carbocycles. The molecule has 3 rings (SSSR count). The van der Waals surface area contributed by atoms with Gasteiger partial charge in [-0.1, -0.05) is 48.5 Å². The molecule has 1 heterocycles. The van der Waals surface area contributed by atoms with Crippen molar-refractivity contribution < 1.29 is 19.1 Å². The maximum Gasteiger partial charge on any atom is 0.362 e. The van der Waals surface area contributed by atoms with Gasteiger partial charge in [-0.05, 0) is 24.6 Å². The van der Waals surface area contributed by atoms with Crippen molar-refractivity contribution in [2.24, 2.45) is 0 Å². The van der Waals surface area contributed by atoms with Crippen LogP contribution in [-0.4, -0.2) is 34.9 Å². The highest BCUT2D eigenvalue weighted by Crippen LogP contribution is 2.16. The molecular weight excluding hydrogens is 386 g/mol. The predicted octanol–water partition coefficient (Wildman–Crippen LogP) is 2.10. The van der Waals surface area contributed by atoms with E-state index < -0.39 is 17.4 Å². The van der Waals surface area contributed by atoms with Crippen LogP contribution in [-0.2, 0) is 16.1 Å². The van der Waals surface area contributed by atoms with Gasteiger partial charge in [-0.2, -0.15) is 9.78 Å². The molecule has 1 N–H and O–H groups in total. The van der Waals surface area contributed by atoms with Crippen LogP contribution in [0.1, 0.15) is 23.0 Å². The number of aromatic nitrogens is 2. The lowest BCUT2D eigenvalue weighted by Gasteiger charge is -2.12. The smallest absolute Gasteiger partial charge is 0.362 e. The molecule has 1 aromatic heterocycles. The summed E-state index contributed by atoms with van der Waals surface area (Å²) >= 11 is 0. The molecule has 2 aromatic carbocycles. The number of rotatable bonds is 8.